The van der Waals surface area contributed by atoms with Crippen molar-refractivity contribution in [3.05, 3.63) is 0 Å². The fourth-order valence-electron chi connectivity index (χ4n) is 4.79. The first-order valence-electron chi connectivity index (χ1n) is 10.0. The van der Waals surface area contributed by atoms with Crippen molar-refractivity contribution in [2.24, 2.45) is 17.3 Å². The summed E-state index contributed by atoms with van der Waals surface area (Å²) in [6.45, 7) is 11.2. The number of fused-ring (bicyclic) bond motifs is 1. The molecule has 7 heteroatoms. The Hall–Kier alpha value is -1.18. The molecular formula is C19H32N4O3. The molecule has 0 aromatic carbocycles. The maximum absolute atomic E-state index is 13.3. The molecule has 2 N–H and O–H groups in total. The van der Waals surface area contributed by atoms with Gasteiger partial charge in [0.1, 0.15) is 0 Å². The number of rotatable bonds is 5. The Balaban J connectivity index is 1.41. The molecule has 1 saturated carbocycles. The van der Waals surface area contributed by atoms with E-state index >= 15 is 0 Å². The molecule has 0 radical (unpaired) electrons. The lowest BCUT2D eigenvalue weighted by Gasteiger charge is -2.38. The molecule has 0 bridgehead atoms. The lowest BCUT2D eigenvalue weighted by atomic mass is 9.79. The highest BCUT2D eigenvalue weighted by Gasteiger charge is 2.57. The van der Waals surface area contributed by atoms with E-state index in [4.69, 9.17) is 4.74 Å². The minimum absolute atomic E-state index is 0.108. The summed E-state index contributed by atoms with van der Waals surface area (Å²) < 4.78 is 5.42. The molecule has 3 saturated heterocycles. The van der Waals surface area contributed by atoms with Crippen molar-refractivity contribution in [2.75, 3.05) is 59.0 Å². The molecule has 1 aliphatic carbocycles. The van der Waals surface area contributed by atoms with E-state index < -0.39 is 5.41 Å². The Morgan fingerprint density at radius 3 is 2.69 bits per heavy atom. The van der Waals surface area contributed by atoms with E-state index in [9.17, 15) is 9.59 Å². The van der Waals surface area contributed by atoms with Crippen LogP contribution in [0.15, 0.2) is 0 Å². The van der Waals surface area contributed by atoms with Crippen LogP contribution < -0.4 is 10.6 Å². The number of likely N-dealkylation sites (tertiary alicyclic amines) is 1. The summed E-state index contributed by atoms with van der Waals surface area (Å²) in [6, 6.07) is 0. The number of carbonyl (C=O) groups is 2. The van der Waals surface area contributed by atoms with Crippen molar-refractivity contribution < 1.29 is 14.3 Å². The van der Waals surface area contributed by atoms with Gasteiger partial charge in [0.25, 0.3) is 0 Å². The summed E-state index contributed by atoms with van der Waals surface area (Å²) in [5, 5.41) is 6.70. The predicted molar refractivity (Wildman–Crippen MR) is 97.6 cm³/mol. The standard InChI is InChI=1S/C19H32N4O3/c1-18(2,12-22-5-7-26-8-6-22)21-17(25)19-11-20-9-15(19)10-23(13-19)16(24)14-3-4-14/h14-15,20H,3-13H2,1-2H3,(H,21,25)/t15-,19-/m1/s1. The zero-order valence-corrected chi connectivity index (χ0v) is 16.1. The Labute approximate surface area is 155 Å². The van der Waals surface area contributed by atoms with Gasteiger partial charge in [0.2, 0.25) is 11.8 Å². The molecule has 146 valence electrons. The molecular weight excluding hydrogens is 332 g/mol. The van der Waals surface area contributed by atoms with E-state index in [1.165, 1.54) is 0 Å². The van der Waals surface area contributed by atoms with Gasteiger partial charge in [-0.25, -0.2) is 0 Å². The van der Waals surface area contributed by atoms with Crippen molar-refractivity contribution in [2.45, 2.75) is 32.2 Å². The Morgan fingerprint density at radius 1 is 1.27 bits per heavy atom. The van der Waals surface area contributed by atoms with Crippen LogP contribution in [0.25, 0.3) is 0 Å². The van der Waals surface area contributed by atoms with E-state index in [1.807, 2.05) is 4.90 Å². The maximum Gasteiger partial charge on any atom is 0.230 e. The molecule has 0 spiro atoms. The number of carbonyl (C=O) groups excluding carboxylic acids is 2. The fraction of sp³-hybridized carbons (Fsp3) is 0.895. The number of nitrogens with zero attached hydrogens (tertiary/aromatic N) is 2. The van der Waals surface area contributed by atoms with E-state index in [-0.39, 0.29) is 29.2 Å². The highest BCUT2D eigenvalue weighted by molar-refractivity contribution is 5.88. The number of nitrogens with one attached hydrogen (secondary N) is 2. The van der Waals surface area contributed by atoms with Gasteiger partial charge in [-0.2, -0.15) is 0 Å². The second-order valence-electron chi connectivity index (χ2n) is 9.20. The zero-order chi connectivity index (χ0) is 18.4. The SMILES string of the molecule is CC(C)(CN1CCOCC1)NC(=O)[C@@]12CNC[C@@H]1CN(C(=O)C1CC1)C2. The molecule has 3 aliphatic heterocycles. The molecule has 4 aliphatic rings. The van der Waals surface area contributed by atoms with Crippen LogP contribution in [0.4, 0.5) is 0 Å². The van der Waals surface area contributed by atoms with Crippen LogP contribution in [0, 0.1) is 17.3 Å². The summed E-state index contributed by atoms with van der Waals surface area (Å²) in [5.41, 5.74) is -0.767. The Bertz CT molecular complexity index is 571. The second kappa shape index (κ2) is 6.77. The first kappa shape index (κ1) is 18.2. The van der Waals surface area contributed by atoms with Gasteiger partial charge in [-0.05, 0) is 26.7 Å². The quantitative estimate of drug-likeness (QED) is 0.699. The van der Waals surface area contributed by atoms with Crippen LogP contribution in [0.5, 0.6) is 0 Å². The van der Waals surface area contributed by atoms with Gasteiger partial charge >= 0.3 is 0 Å². The topological polar surface area (TPSA) is 73.9 Å². The monoisotopic (exact) mass is 364 g/mol. The summed E-state index contributed by atoms with van der Waals surface area (Å²) in [7, 11) is 0. The average Bonchev–Trinajstić information content (AvgIpc) is 3.24. The largest absolute Gasteiger partial charge is 0.379 e. The summed E-state index contributed by atoms with van der Waals surface area (Å²) in [6.07, 6.45) is 2.04. The molecule has 2 atom stereocenters. The summed E-state index contributed by atoms with van der Waals surface area (Å²) in [4.78, 5) is 30.1. The third-order valence-corrected chi connectivity index (χ3v) is 6.39. The van der Waals surface area contributed by atoms with Crippen molar-refractivity contribution in [3.63, 3.8) is 0 Å². The van der Waals surface area contributed by atoms with Gasteiger partial charge in [-0.1, -0.05) is 0 Å². The highest BCUT2D eigenvalue weighted by atomic mass is 16.5. The van der Waals surface area contributed by atoms with Gasteiger partial charge in [-0.3, -0.25) is 14.5 Å². The van der Waals surface area contributed by atoms with Crippen LogP contribution >= 0.6 is 0 Å². The van der Waals surface area contributed by atoms with Gasteiger partial charge < -0.3 is 20.3 Å². The number of hydrogen-bond acceptors (Lipinski definition) is 5. The summed E-state index contributed by atoms with van der Waals surface area (Å²) >= 11 is 0. The van der Waals surface area contributed by atoms with E-state index in [0.717, 1.165) is 58.8 Å². The predicted octanol–water partition coefficient (Wildman–Crippen LogP) is -0.329. The van der Waals surface area contributed by atoms with Gasteiger partial charge in [0.05, 0.1) is 18.6 Å². The molecule has 26 heavy (non-hydrogen) atoms. The van der Waals surface area contributed by atoms with Gasteiger partial charge in [-0.15, -0.1) is 0 Å². The Kier molecular flexibility index (Phi) is 4.73. The maximum atomic E-state index is 13.3. The van der Waals surface area contributed by atoms with E-state index in [0.29, 0.717) is 13.1 Å². The first-order valence-corrected chi connectivity index (χ1v) is 10.0. The highest BCUT2D eigenvalue weighted by Crippen LogP contribution is 2.42. The van der Waals surface area contributed by atoms with Crippen LogP contribution in [-0.4, -0.2) is 86.2 Å². The lowest BCUT2D eigenvalue weighted by Crippen LogP contribution is -2.58. The number of morpholine rings is 1. The van der Waals surface area contributed by atoms with Crippen molar-refractivity contribution in [3.8, 4) is 0 Å². The molecule has 0 aromatic heterocycles. The van der Waals surface area contributed by atoms with Crippen molar-refractivity contribution >= 4 is 11.8 Å². The third kappa shape index (κ3) is 3.49. The van der Waals surface area contributed by atoms with Crippen LogP contribution in [0.2, 0.25) is 0 Å². The van der Waals surface area contributed by atoms with Crippen LogP contribution in [0.1, 0.15) is 26.7 Å². The molecule has 2 amide bonds. The summed E-state index contributed by atoms with van der Waals surface area (Å²) in [5.74, 6) is 0.819. The smallest absolute Gasteiger partial charge is 0.230 e. The Morgan fingerprint density at radius 2 is 2.00 bits per heavy atom. The minimum Gasteiger partial charge on any atom is -0.379 e. The van der Waals surface area contributed by atoms with Gasteiger partial charge in [0.15, 0.2) is 0 Å². The molecule has 4 fully saturated rings. The van der Waals surface area contributed by atoms with Crippen molar-refractivity contribution in [1.82, 2.24) is 20.4 Å². The second-order valence-corrected chi connectivity index (χ2v) is 9.20. The first-order chi connectivity index (χ1) is 12.4. The van der Waals surface area contributed by atoms with Crippen LogP contribution in [0.3, 0.4) is 0 Å². The molecule has 3 heterocycles. The van der Waals surface area contributed by atoms with Crippen molar-refractivity contribution in [1.29, 1.82) is 0 Å². The molecule has 0 aromatic rings. The van der Waals surface area contributed by atoms with Crippen LogP contribution in [-0.2, 0) is 14.3 Å². The molecule has 0 unspecified atom stereocenters. The minimum atomic E-state index is -0.465. The van der Waals surface area contributed by atoms with E-state index in [2.05, 4.69) is 29.4 Å². The normalized spacial score (nSPS) is 32.5. The third-order valence-electron chi connectivity index (χ3n) is 6.39. The molecule has 4 rings (SSSR count). The average molecular weight is 364 g/mol. The lowest BCUT2D eigenvalue weighted by molar-refractivity contribution is -0.134. The zero-order valence-electron chi connectivity index (χ0n) is 16.1. The number of amides is 2. The van der Waals surface area contributed by atoms with Gasteiger partial charge in [0, 0.05) is 63.2 Å². The number of hydrogen-bond donors (Lipinski definition) is 2. The molecule has 7 nitrogen and oxygen atoms in total. The van der Waals surface area contributed by atoms with E-state index in [1.54, 1.807) is 0 Å². The fourth-order valence-corrected chi connectivity index (χ4v) is 4.79. The number of ether oxygens (including phenoxy) is 1.